The Morgan fingerprint density at radius 2 is 0.900 bits per heavy atom. The molecule has 0 fully saturated rings. The zero-order chi connectivity index (χ0) is 14.9. The van der Waals surface area contributed by atoms with Crippen molar-refractivity contribution in [2.45, 2.75) is 120 Å². The van der Waals surface area contributed by atoms with Crippen LogP contribution in [0, 0.1) is 11.8 Å². The Balaban J connectivity index is -0.000000277. The maximum absolute atomic E-state index is 2.32. The summed E-state index contributed by atoms with van der Waals surface area (Å²) in [6.45, 7) is 13.7. The third kappa shape index (κ3) is 18.0. The molecule has 0 N–H and O–H groups in total. The van der Waals surface area contributed by atoms with Crippen molar-refractivity contribution in [3.8, 4) is 0 Å². The quantitative estimate of drug-likeness (QED) is 0.358. The van der Waals surface area contributed by atoms with E-state index in [1.54, 1.807) is 0 Å². The molecule has 1 atom stereocenters. The lowest BCUT2D eigenvalue weighted by Crippen LogP contribution is -1.97. The molecule has 0 aromatic heterocycles. The molecule has 0 amide bonds. The summed E-state index contributed by atoms with van der Waals surface area (Å²) in [7, 11) is 0. The van der Waals surface area contributed by atoms with E-state index in [9.17, 15) is 0 Å². The van der Waals surface area contributed by atoms with Crippen molar-refractivity contribution in [2.24, 2.45) is 11.8 Å². The molecule has 20 heavy (non-hydrogen) atoms. The highest BCUT2D eigenvalue weighted by atomic mass is 14.1. The zero-order valence-electron chi connectivity index (χ0n) is 14.9. The second-order valence-corrected chi connectivity index (χ2v) is 6.03. The minimum absolute atomic E-state index is 0. The van der Waals surface area contributed by atoms with Gasteiger partial charge in [0.05, 0.1) is 0 Å². The van der Waals surface area contributed by atoms with E-state index in [0.717, 1.165) is 11.8 Å². The average Bonchev–Trinajstić information content (AvgIpc) is 2.45. The molecule has 0 saturated heterocycles. The summed E-state index contributed by atoms with van der Waals surface area (Å²) in [5.74, 6) is 2.02. The van der Waals surface area contributed by atoms with Crippen LogP contribution in [0.2, 0.25) is 0 Å². The molecule has 0 nitrogen and oxygen atoms in total. The fourth-order valence-corrected chi connectivity index (χ4v) is 2.64. The topological polar surface area (TPSA) is 0 Å². The van der Waals surface area contributed by atoms with Crippen LogP contribution >= 0.6 is 0 Å². The van der Waals surface area contributed by atoms with E-state index in [2.05, 4.69) is 41.5 Å². The fraction of sp³-hybridized carbons (Fsp3) is 1.00. The molecule has 0 aromatic rings. The highest BCUT2D eigenvalue weighted by Crippen LogP contribution is 2.17. The van der Waals surface area contributed by atoms with Crippen LogP contribution in [0.1, 0.15) is 120 Å². The van der Waals surface area contributed by atoms with Crippen molar-refractivity contribution in [3.63, 3.8) is 0 Å². The SMILES string of the molecule is C.CCCCC(CC)CC.CCCCC(CC)CCC. The summed E-state index contributed by atoms with van der Waals surface area (Å²) in [4.78, 5) is 0. The molecule has 0 heteroatoms. The number of hydrogen-bond donors (Lipinski definition) is 0. The normalized spacial score (nSPS) is 11.6. The molecular formula is C20H46. The van der Waals surface area contributed by atoms with Crippen molar-refractivity contribution in [1.29, 1.82) is 0 Å². The number of rotatable bonds is 11. The van der Waals surface area contributed by atoms with E-state index in [-0.39, 0.29) is 7.43 Å². The Hall–Kier alpha value is 0. The van der Waals surface area contributed by atoms with E-state index >= 15 is 0 Å². The predicted molar refractivity (Wildman–Crippen MR) is 98.5 cm³/mol. The molecule has 0 radical (unpaired) electrons. The predicted octanol–water partition coefficient (Wildman–Crippen LogP) is 8.25. The lowest BCUT2D eigenvalue weighted by Gasteiger charge is -2.11. The second-order valence-electron chi connectivity index (χ2n) is 6.03. The first-order chi connectivity index (χ1) is 9.19. The van der Waals surface area contributed by atoms with Crippen LogP contribution in [0.3, 0.4) is 0 Å². The van der Waals surface area contributed by atoms with Crippen molar-refractivity contribution < 1.29 is 0 Å². The Morgan fingerprint density at radius 3 is 1.20 bits per heavy atom. The van der Waals surface area contributed by atoms with Gasteiger partial charge in [0.15, 0.2) is 0 Å². The molecule has 0 rings (SSSR count). The van der Waals surface area contributed by atoms with E-state index in [1.807, 2.05) is 0 Å². The molecule has 0 saturated carbocycles. The summed E-state index contributed by atoms with van der Waals surface area (Å²) in [6.07, 6.45) is 15.4. The summed E-state index contributed by atoms with van der Waals surface area (Å²) < 4.78 is 0. The van der Waals surface area contributed by atoms with Gasteiger partial charge in [0.25, 0.3) is 0 Å². The standard InChI is InChI=1S/C10H22.C9H20.CH4/c1-4-7-9-10(6-3)8-5-2;1-4-7-8-9(5-2)6-3;/h10H,4-9H2,1-3H3;9H,4-8H2,1-3H3;1H4. The number of hydrogen-bond acceptors (Lipinski definition) is 0. The van der Waals surface area contributed by atoms with Gasteiger partial charge in [0.1, 0.15) is 0 Å². The first kappa shape index (κ1) is 25.0. The van der Waals surface area contributed by atoms with Crippen LogP contribution < -0.4 is 0 Å². The third-order valence-corrected chi connectivity index (χ3v) is 4.36. The highest BCUT2D eigenvalue weighted by molar-refractivity contribution is 4.55. The smallest absolute Gasteiger partial charge is 0.0417 e. The number of unbranched alkanes of at least 4 members (excludes halogenated alkanes) is 2. The fourth-order valence-electron chi connectivity index (χ4n) is 2.64. The summed E-state index contributed by atoms with van der Waals surface area (Å²) in [5.41, 5.74) is 0. The molecule has 1 unspecified atom stereocenters. The van der Waals surface area contributed by atoms with Crippen LogP contribution in [0.5, 0.6) is 0 Å². The lowest BCUT2D eigenvalue weighted by atomic mass is 9.95. The van der Waals surface area contributed by atoms with Crippen molar-refractivity contribution in [2.75, 3.05) is 0 Å². The van der Waals surface area contributed by atoms with Gasteiger partial charge in [-0.15, -0.1) is 0 Å². The van der Waals surface area contributed by atoms with E-state index in [1.165, 1.54) is 70.6 Å². The molecule has 0 aliphatic heterocycles. The van der Waals surface area contributed by atoms with Gasteiger partial charge in [-0.25, -0.2) is 0 Å². The van der Waals surface area contributed by atoms with Crippen molar-refractivity contribution in [3.05, 3.63) is 0 Å². The van der Waals surface area contributed by atoms with Gasteiger partial charge < -0.3 is 0 Å². The molecular weight excluding hydrogens is 240 g/mol. The summed E-state index contributed by atoms with van der Waals surface area (Å²) in [5, 5.41) is 0. The molecule has 0 bridgehead atoms. The van der Waals surface area contributed by atoms with Crippen LogP contribution in [0.4, 0.5) is 0 Å². The molecule has 126 valence electrons. The van der Waals surface area contributed by atoms with Gasteiger partial charge >= 0.3 is 0 Å². The lowest BCUT2D eigenvalue weighted by molar-refractivity contribution is 0.417. The molecule has 0 heterocycles. The summed E-state index contributed by atoms with van der Waals surface area (Å²) >= 11 is 0. The van der Waals surface area contributed by atoms with Crippen LogP contribution in [0.25, 0.3) is 0 Å². The minimum Gasteiger partial charge on any atom is -0.0776 e. The second kappa shape index (κ2) is 21.3. The Bertz CT molecular complexity index is 135. The molecule has 0 aromatic carbocycles. The first-order valence-corrected chi connectivity index (χ1v) is 9.19. The summed E-state index contributed by atoms with van der Waals surface area (Å²) in [6, 6.07) is 0. The maximum Gasteiger partial charge on any atom is -0.0417 e. The maximum atomic E-state index is 2.32. The largest absolute Gasteiger partial charge is 0.0776 e. The third-order valence-electron chi connectivity index (χ3n) is 4.36. The Labute approximate surface area is 132 Å². The van der Waals surface area contributed by atoms with Crippen LogP contribution in [-0.4, -0.2) is 0 Å². The molecule has 0 aliphatic carbocycles. The molecule has 0 spiro atoms. The van der Waals surface area contributed by atoms with E-state index in [0.29, 0.717) is 0 Å². The Morgan fingerprint density at radius 1 is 0.500 bits per heavy atom. The van der Waals surface area contributed by atoms with Crippen molar-refractivity contribution in [1.82, 2.24) is 0 Å². The van der Waals surface area contributed by atoms with Gasteiger partial charge in [0.2, 0.25) is 0 Å². The Kier molecular flexibility index (Phi) is 26.6. The van der Waals surface area contributed by atoms with E-state index in [4.69, 9.17) is 0 Å². The highest BCUT2D eigenvalue weighted by Gasteiger charge is 2.02. The van der Waals surface area contributed by atoms with Gasteiger partial charge in [-0.05, 0) is 11.8 Å². The van der Waals surface area contributed by atoms with Crippen LogP contribution in [-0.2, 0) is 0 Å². The zero-order valence-corrected chi connectivity index (χ0v) is 14.9. The van der Waals surface area contributed by atoms with Gasteiger partial charge in [-0.3, -0.25) is 0 Å². The van der Waals surface area contributed by atoms with E-state index < -0.39 is 0 Å². The molecule has 0 aliphatic rings. The average molecular weight is 287 g/mol. The van der Waals surface area contributed by atoms with Gasteiger partial charge in [-0.2, -0.15) is 0 Å². The van der Waals surface area contributed by atoms with Gasteiger partial charge in [-0.1, -0.05) is 120 Å². The van der Waals surface area contributed by atoms with Crippen LogP contribution in [0.15, 0.2) is 0 Å². The van der Waals surface area contributed by atoms with Gasteiger partial charge in [0, 0.05) is 0 Å². The monoisotopic (exact) mass is 286 g/mol. The van der Waals surface area contributed by atoms with Crippen molar-refractivity contribution >= 4 is 0 Å². The first-order valence-electron chi connectivity index (χ1n) is 9.19. The minimum atomic E-state index is 0.